The largest absolute Gasteiger partial charge is 0.347 e. The number of aryl methyl sites for hydroxylation is 1. The Morgan fingerprint density at radius 3 is 2.72 bits per heavy atom. The molecule has 2 fully saturated rings. The van der Waals surface area contributed by atoms with Crippen molar-refractivity contribution < 1.29 is 9.47 Å². The van der Waals surface area contributed by atoms with Crippen LogP contribution in [0.2, 0.25) is 0 Å². The highest BCUT2D eigenvalue weighted by Crippen LogP contribution is 2.38. The third-order valence-corrected chi connectivity index (χ3v) is 4.03. The number of hydrogen-bond acceptors (Lipinski definition) is 3. The van der Waals surface area contributed by atoms with E-state index in [1.165, 1.54) is 24.8 Å². The molecule has 18 heavy (non-hydrogen) atoms. The number of rotatable bonds is 3. The molecule has 1 saturated heterocycles. The smallest absolute Gasteiger partial charge is 0.168 e. The summed E-state index contributed by atoms with van der Waals surface area (Å²) in [6.45, 7) is 0.769. The number of nitrogens with zero attached hydrogens (tertiary/aromatic N) is 1. The van der Waals surface area contributed by atoms with E-state index in [0.717, 1.165) is 32.3 Å². The highest BCUT2D eigenvalue weighted by molar-refractivity contribution is 5.09. The Balaban J connectivity index is 1.50. The fourth-order valence-corrected chi connectivity index (χ4v) is 2.99. The molecular formula is C15H21NO2. The predicted molar refractivity (Wildman–Crippen MR) is 69.2 cm³/mol. The lowest BCUT2D eigenvalue weighted by atomic mass is 9.94. The molecule has 1 aromatic rings. The zero-order valence-electron chi connectivity index (χ0n) is 10.8. The van der Waals surface area contributed by atoms with E-state index in [2.05, 4.69) is 17.1 Å². The van der Waals surface area contributed by atoms with Gasteiger partial charge in [-0.15, -0.1) is 0 Å². The summed E-state index contributed by atoms with van der Waals surface area (Å²) in [5.41, 5.74) is 1.33. The predicted octanol–water partition coefficient (Wildman–Crippen LogP) is 3.09. The van der Waals surface area contributed by atoms with Gasteiger partial charge < -0.3 is 9.47 Å². The maximum atomic E-state index is 6.17. The van der Waals surface area contributed by atoms with Gasteiger partial charge in [0, 0.05) is 25.2 Å². The van der Waals surface area contributed by atoms with Crippen molar-refractivity contribution in [3.8, 4) is 0 Å². The Morgan fingerprint density at radius 1 is 1.17 bits per heavy atom. The molecule has 1 saturated carbocycles. The first-order valence-corrected chi connectivity index (χ1v) is 7.07. The normalized spacial score (nSPS) is 26.6. The van der Waals surface area contributed by atoms with Crippen molar-refractivity contribution in [3.05, 3.63) is 30.1 Å². The fraction of sp³-hybridized carbons (Fsp3) is 0.667. The number of ether oxygens (including phenoxy) is 2. The summed E-state index contributed by atoms with van der Waals surface area (Å²) in [6.07, 6.45) is 12.1. The van der Waals surface area contributed by atoms with Crippen LogP contribution in [0.15, 0.2) is 24.5 Å². The topological polar surface area (TPSA) is 31.4 Å². The van der Waals surface area contributed by atoms with Gasteiger partial charge in [0.15, 0.2) is 5.79 Å². The van der Waals surface area contributed by atoms with Gasteiger partial charge in [0.2, 0.25) is 0 Å². The van der Waals surface area contributed by atoms with E-state index >= 15 is 0 Å². The van der Waals surface area contributed by atoms with Gasteiger partial charge in [0.05, 0.1) is 12.7 Å². The van der Waals surface area contributed by atoms with Crippen molar-refractivity contribution in [1.29, 1.82) is 0 Å². The summed E-state index contributed by atoms with van der Waals surface area (Å²) in [5.74, 6) is -0.221. The Morgan fingerprint density at radius 2 is 1.94 bits per heavy atom. The average Bonchev–Trinajstić information content (AvgIpc) is 2.82. The SMILES string of the molecule is c1cc(CC[C@H]2COC3(CCCCC3)O2)ccn1. The number of pyridine rings is 1. The third-order valence-electron chi connectivity index (χ3n) is 4.03. The van der Waals surface area contributed by atoms with Crippen LogP contribution in [0.1, 0.15) is 44.1 Å². The zero-order chi connectivity index (χ0) is 12.3. The van der Waals surface area contributed by atoms with E-state index in [4.69, 9.17) is 9.47 Å². The van der Waals surface area contributed by atoms with Crippen LogP contribution in [0.3, 0.4) is 0 Å². The molecule has 1 aliphatic heterocycles. The molecule has 0 unspecified atom stereocenters. The zero-order valence-corrected chi connectivity index (χ0v) is 10.8. The minimum absolute atomic E-state index is 0.221. The molecular weight excluding hydrogens is 226 g/mol. The quantitative estimate of drug-likeness (QED) is 0.822. The van der Waals surface area contributed by atoms with E-state index < -0.39 is 0 Å². The maximum absolute atomic E-state index is 6.17. The van der Waals surface area contributed by atoms with Crippen molar-refractivity contribution in [2.75, 3.05) is 6.61 Å². The molecule has 1 aromatic heterocycles. The van der Waals surface area contributed by atoms with Crippen LogP contribution in [0.4, 0.5) is 0 Å². The van der Waals surface area contributed by atoms with Gasteiger partial charge >= 0.3 is 0 Å². The molecule has 0 N–H and O–H groups in total. The molecule has 0 bridgehead atoms. The fourth-order valence-electron chi connectivity index (χ4n) is 2.99. The molecule has 0 radical (unpaired) electrons. The van der Waals surface area contributed by atoms with Crippen LogP contribution < -0.4 is 0 Å². The summed E-state index contributed by atoms with van der Waals surface area (Å²) in [5, 5.41) is 0. The van der Waals surface area contributed by atoms with E-state index in [9.17, 15) is 0 Å². The monoisotopic (exact) mass is 247 g/mol. The summed E-state index contributed by atoms with van der Waals surface area (Å²) >= 11 is 0. The highest BCUT2D eigenvalue weighted by atomic mass is 16.7. The van der Waals surface area contributed by atoms with Gasteiger partial charge in [-0.05, 0) is 43.4 Å². The van der Waals surface area contributed by atoms with Crippen molar-refractivity contribution >= 4 is 0 Å². The molecule has 1 spiro atoms. The second-order valence-electron chi connectivity index (χ2n) is 5.42. The molecule has 3 rings (SSSR count). The van der Waals surface area contributed by atoms with Crippen LogP contribution in [0, 0.1) is 0 Å². The van der Waals surface area contributed by atoms with Gasteiger partial charge in [-0.3, -0.25) is 4.98 Å². The first-order valence-electron chi connectivity index (χ1n) is 7.07. The Labute approximate surface area is 109 Å². The van der Waals surface area contributed by atoms with E-state index in [0.29, 0.717) is 0 Å². The third kappa shape index (κ3) is 2.73. The van der Waals surface area contributed by atoms with Crippen LogP contribution in [-0.2, 0) is 15.9 Å². The summed E-state index contributed by atoms with van der Waals surface area (Å²) < 4.78 is 12.1. The van der Waals surface area contributed by atoms with Gasteiger partial charge in [0.1, 0.15) is 0 Å². The second-order valence-corrected chi connectivity index (χ2v) is 5.42. The lowest BCUT2D eigenvalue weighted by Gasteiger charge is -2.31. The average molecular weight is 247 g/mol. The molecule has 2 heterocycles. The Bertz CT molecular complexity index is 373. The van der Waals surface area contributed by atoms with E-state index in [1.54, 1.807) is 0 Å². The molecule has 0 amide bonds. The van der Waals surface area contributed by atoms with Crippen LogP contribution in [0.25, 0.3) is 0 Å². The van der Waals surface area contributed by atoms with Gasteiger partial charge in [-0.25, -0.2) is 0 Å². The standard InChI is InChI=1S/C15H21NO2/c1-2-8-15(9-3-1)17-12-14(18-15)5-4-13-6-10-16-11-7-13/h6-7,10-11,14H,1-5,8-9,12H2/t14-/m0/s1. The minimum atomic E-state index is -0.221. The molecule has 3 heteroatoms. The van der Waals surface area contributed by atoms with E-state index in [-0.39, 0.29) is 11.9 Å². The van der Waals surface area contributed by atoms with Gasteiger partial charge in [0.25, 0.3) is 0 Å². The summed E-state index contributed by atoms with van der Waals surface area (Å²) in [6, 6.07) is 4.15. The van der Waals surface area contributed by atoms with Crippen molar-refractivity contribution in [3.63, 3.8) is 0 Å². The highest BCUT2D eigenvalue weighted by Gasteiger charge is 2.41. The lowest BCUT2D eigenvalue weighted by molar-refractivity contribution is -0.187. The Kier molecular flexibility index (Phi) is 3.62. The Hall–Kier alpha value is -0.930. The van der Waals surface area contributed by atoms with Crippen molar-refractivity contribution in [2.45, 2.75) is 56.8 Å². The van der Waals surface area contributed by atoms with Gasteiger partial charge in [-0.2, -0.15) is 0 Å². The molecule has 1 aliphatic carbocycles. The van der Waals surface area contributed by atoms with Crippen molar-refractivity contribution in [1.82, 2.24) is 4.98 Å². The van der Waals surface area contributed by atoms with Crippen LogP contribution >= 0.6 is 0 Å². The van der Waals surface area contributed by atoms with Gasteiger partial charge in [-0.1, -0.05) is 6.42 Å². The first-order chi connectivity index (χ1) is 8.86. The summed E-state index contributed by atoms with van der Waals surface area (Å²) in [7, 11) is 0. The maximum Gasteiger partial charge on any atom is 0.168 e. The molecule has 3 nitrogen and oxygen atoms in total. The second kappa shape index (κ2) is 5.37. The minimum Gasteiger partial charge on any atom is -0.347 e. The summed E-state index contributed by atoms with van der Waals surface area (Å²) in [4.78, 5) is 4.04. The van der Waals surface area contributed by atoms with Crippen molar-refractivity contribution in [2.24, 2.45) is 0 Å². The molecule has 98 valence electrons. The molecule has 0 aromatic carbocycles. The molecule has 2 aliphatic rings. The lowest BCUT2D eigenvalue weighted by Crippen LogP contribution is -2.33. The molecule has 1 atom stereocenters. The first kappa shape index (κ1) is 12.1. The van der Waals surface area contributed by atoms with E-state index in [1.807, 2.05) is 12.4 Å². The number of hydrogen-bond donors (Lipinski definition) is 0. The number of aromatic nitrogens is 1. The van der Waals surface area contributed by atoms with Crippen LogP contribution in [0.5, 0.6) is 0 Å². The van der Waals surface area contributed by atoms with Crippen LogP contribution in [-0.4, -0.2) is 23.5 Å².